The van der Waals surface area contributed by atoms with Crippen molar-refractivity contribution in [2.24, 2.45) is 0 Å². The van der Waals surface area contributed by atoms with Crippen molar-refractivity contribution < 1.29 is 4.79 Å². The van der Waals surface area contributed by atoms with Crippen LogP contribution in [0, 0.1) is 0 Å². The molecular weight excluding hydrogens is 250 g/mol. The second kappa shape index (κ2) is 6.01. The Morgan fingerprint density at radius 2 is 2.15 bits per heavy atom. The first-order valence-corrected chi connectivity index (χ1v) is 7.22. The van der Waals surface area contributed by atoms with Crippen LogP contribution in [0.25, 0.3) is 10.9 Å². The lowest BCUT2D eigenvalue weighted by Gasteiger charge is -2.16. The van der Waals surface area contributed by atoms with Crippen molar-refractivity contribution in [3.63, 3.8) is 0 Å². The van der Waals surface area contributed by atoms with E-state index in [9.17, 15) is 4.79 Å². The van der Waals surface area contributed by atoms with E-state index >= 15 is 0 Å². The summed E-state index contributed by atoms with van der Waals surface area (Å²) in [5, 5.41) is 7.35. The predicted molar refractivity (Wildman–Crippen MR) is 80.6 cm³/mol. The highest BCUT2D eigenvalue weighted by Crippen LogP contribution is 2.22. The molecule has 104 valence electrons. The molecule has 0 aliphatic carbocycles. The number of nitrogens with zero attached hydrogens (tertiary/aromatic N) is 1. The minimum absolute atomic E-state index is 0.0586. The summed E-state index contributed by atoms with van der Waals surface area (Å²) in [5.41, 5.74) is 1.74. The lowest BCUT2D eigenvalue weighted by Crippen LogP contribution is -2.39. The van der Waals surface area contributed by atoms with Crippen molar-refractivity contribution in [2.75, 3.05) is 11.9 Å². The molecule has 1 saturated heterocycles. The lowest BCUT2D eigenvalue weighted by atomic mass is 10.1. The molecule has 1 fully saturated rings. The minimum Gasteiger partial charge on any atom is -0.324 e. The highest BCUT2D eigenvalue weighted by atomic mass is 16.2. The molecule has 2 heterocycles. The van der Waals surface area contributed by atoms with Gasteiger partial charge in [-0.3, -0.25) is 9.78 Å². The van der Waals surface area contributed by atoms with Gasteiger partial charge in [-0.05, 0) is 43.7 Å². The first kappa shape index (κ1) is 13.1. The second-order valence-corrected chi connectivity index (χ2v) is 5.22. The van der Waals surface area contributed by atoms with Crippen molar-refractivity contribution in [2.45, 2.75) is 31.7 Å². The SMILES string of the molecule is O=C(Nc1cccc2ncccc12)C1CCCCCN1. The summed E-state index contributed by atoms with van der Waals surface area (Å²) in [6.45, 7) is 0.926. The summed E-state index contributed by atoms with van der Waals surface area (Å²) >= 11 is 0. The molecule has 1 aliphatic heterocycles. The number of pyridine rings is 1. The van der Waals surface area contributed by atoms with Crippen molar-refractivity contribution in [3.05, 3.63) is 36.5 Å². The van der Waals surface area contributed by atoms with Gasteiger partial charge in [-0.2, -0.15) is 0 Å². The average molecular weight is 269 g/mol. The molecule has 20 heavy (non-hydrogen) atoms. The lowest BCUT2D eigenvalue weighted by molar-refractivity contribution is -0.118. The number of aromatic nitrogens is 1. The van der Waals surface area contributed by atoms with Gasteiger partial charge in [0.05, 0.1) is 17.2 Å². The van der Waals surface area contributed by atoms with Crippen LogP contribution in [0.1, 0.15) is 25.7 Å². The van der Waals surface area contributed by atoms with Gasteiger partial charge in [-0.25, -0.2) is 0 Å². The fourth-order valence-corrected chi connectivity index (χ4v) is 2.68. The highest BCUT2D eigenvalue weighted by Gasteiger charge is 2.19. The quantitative estimate of drug-likeness (QED) is 0.881. The monoisotopic (exact) mass is 269 g/mol. The van der Waals surface area contributed by atoms with Gasteiger partial charge in [-0.1, -0.05) is 18.9 Å². The zero-order chi connectivity index (χ0) is 13.8. The summed E-state index contributed by atoms with van der Waals surface area (Å²) < 4.78 is 0. The third kappa shape index (κ3) is 2.80. The van der Waals surface area contributed by atoms with Crippen LogP contribution in [-0.4, -0.2) is 23.5 Å². The van der Waals surface area contributed by atoms with E-state index in [1.54, 1.807) is 6.20 Å². The van der Waals surface area contributed by atoms with E-state index in [0.29, 0.717) is 0 Å². The molecule has 0 spiro atoms. The Bertz CT molecular complexity index is 598. The molecule has 4 heteroatoms. The second-order valence-electron chi connectivity index (χ2n) is 5.22. The number of benzene rings is 1. The molecule has 1 aromatic heterocycles. The first-order chi connectivity index (χ1) is 9.84. The smallest absolute Gasteiger partial charge is 0.241 e. The van der Waals surface area contributed by atoms with Crippen molar-refractivity contribution in [1.29, 1.82) is 0 Å². The standard InChI is InChI=1S/C16H19N3O/c20-16(15-7-2-1-3-10-18-15)19-14-9-4-8-13-12(14)6-5-11-17-13/h4-6,8-9,11,15,18H,1-3,7,10H2,(H,19,20). The van der Waals surface area contributed by atoms with Crippen LogP contribution in [0.3, 0.4) is 0 Å². The van der Waals surface area contributed by atoms with E-state index in [1.807, 2.05) is 30.3 Å². The number of nitrogens with one attached hydrogen (secondary N) is 2. The maximum Gasteiger partial charge on any atom is 0.241 e. The number of carbonyl (C=O) groups excluding carboxylic acids is 1. The van der Waals surface area contributed by atoms with Gasteiger partial charge < -0.3 is 10.6 Å². The minimum atomic E-state index is -0.0792. The normalized spacial score (nSPS) is 19.5. The third-order valence-corrected chi connectivity index (χ3v) is 3.78. The Balaban J connectivity index is 1.80. The molecule has 1 aromatic carbocycles. The van der Waals surface area contributed by atoms with Crippen LogP contribution in [0.5, 0.6) is 0 Å². The Kier molecular flexibility index (Phi) is 3.92. The highest BCUT2D eigenvalue weighted by molar-refractivity contribution is 6.02. The largest absolute Gasteiger partial charge is 0.324 e. The first-order valence-electron chi connectivity index (χ1n) is 7.22. The van der Waals surface area contributed by atoms with E-state index in [2.05, 4.69) is 15.6 Å². The van der Waals surface area contributed by atoms with Crippen molar-refractivity contribution in [1.82, 2.24) is 10.3 Å². The van der Waals surface area contributed by atoms with Gasteiger partial charge >= 0.3 is 0 Å². The summed E-state index contributed by atoms with van der Waals surface area (Å²) in [4.78, 5) is 16.7. The molecule has 1 unspecified atom stereocenters. The topological polar surface area (TPSA) is 54.0 Å². The van der Waals surface area contributed by atoms with Gasteiger partial charge in [-0.15, -0.1) is 0 Å². The van der Waals surface area contributed by atoms with E-state index in [4.69, 9.17) is 0 Å². The summed E-state index contributed by atoms with van der Waals surface area (Å²) in [6, 6.07) is 9.60. The van der Waals surface area contributed by atoms with E-state index in [0.717, 1.165) is 42.4 Å². The van der Waals surface area contributed by atoms with Crippen LogP contribution < -0.4 is 10.6 Å². The number of rotatable bonds is 2. The Morgan fingerprint density at radius 3 is 3.10 bits per heavy atom. The van der Waals surface area contributed by atoms with E-state index in [1.165, 1.54) is 6.42 Å². The average Bonchev–Trinajstić information content (AvgIpc) is 2.77. The van der Waals surface area contributed by atoms with Gasteiger partial charge in [0.15, 0.2) is 0 Å². The van der Waals surface area contributed by atoms with Crippen LogP contribution in [0.2, 0.25) is 0 Å². The maximum absolute atomic E-state index is 12.4. The zero-order valence-corrected chi connectivity index (χ0v) is 11.4. The van der Waals surface area contributed by atoms with Gasteiger partial charge in [0.1, 0.15) is 0 Å². The molecule has 2 N–H and O–H groups in total. The van der Waals surface area contributed by atoms with E-state index < -0.39 is 0 Å². The van der Waals surface area contributed by atoms with Crippen LogP contribution >= 0.6 is 0 Å². The summed E-state index contributed by atoms with van der Waals surface area (Å²) in [7, 11) is 0. The summed E-state index contributed by atoms with van der Waals surface area (Å²) in [6.07, 6.45) is 6.15. The number of hydrogen-bond donors (Lipinski definition) is 2. The maximum atomic E-state index is 12.4. The Hall–Kier alpha value is -1.94. The molecule has 4 nitrogen and oxygen atoms in total. The zero-order valence-electron chi connectivity index (χ0n) is 11.4. The number of amides is 1. The number of fused-ring (bicyclic) bond motifs is 1. The van der Waals surface area contributed by atoms with Crippen LogP contribution in [-0.2, 0) is 4.79 Å². The molecule has 0 saturated carbocycles. The molecule has 3 rings (SSSR count). The van der Waals surface area contributed by atoms with Crippen molar-refractivity contribution in [3.8, 4) is 0 Å². The molecule has 0 radical (unpaired) electrons. The fourth-order valence-electron chi connectivity index (χ4n) is 2.68. The van der Waals surface area contributed by atoms with Crippen molar-refractivity contribution >= 4 is 22.5 Å². The molecule has 1 atom stereocenters. The molecule has 2 aromatic rings. The number of anilines is 1. The third-order valence-electron chi connectivity index (χ3n) is 3.78. The number of hydrogen-bond acceptors (Lipinski definition) is 3. The Morgan fingerprint density at radius 1 is 1.20 bits per heavy atom. The Labute approximate surface area is 118 Å². The molecular formula is C16H19N3O. The van der Waals surface area contributed by atoms with Gasteiger partial charge in [0.2, 0.25) is 5.91 Å². The van der Waals surface area contributed by atoms with Gasteiger partial charge in [0.25, 0.3) is 0 Å². The van der Waals surface area contributed by atoms with Crippen LogP contribution in [0.4, 0.5) is 5.69 Å². The molecule has 0 bridgehead atoms. The van der Waals surface area contributed by atoms with E-state index in [-0.39, 0.29) is 11.9 Å². The van der Waals surface area contributed by atoms with Crippen LogP contribution in [0.15, 0.2) is 36.5 Å². The predicted octanol–water partition coefficient (Wildman–Crippen LogP) is 2.71. The molecule has 1 aliphatic rings. The fraction of sp³-hybridized carbons (Fsp3) is 0.375. The molecule has 1 amide bonds. The van der Waals surface area contributed by atoms with Gasteiger partial charge in [0, 0.05) is 11.6 Å². The number of carbonyl (C=O) groups is 1. The summed E-state index contributed by atoms with van der Waals surface area (Å²) in [5.74, 6) is 0.0586.